The van der Waals surface area contributed by atoms with Crippen LogP contribution >= 0.6 is 0 Å². The van der Waals surface area contributed by atoms with Gasteiger partial charge in [0, 0.05) is 6.54 Å². The third kappa shape index (κ3) is 4.07. The minimum absolute atomic E-state index is 0.122. The number of carbonyl (C=O) groups excluding carboxylic acids is 1. The van der Waals surface area contributed by atoms with Gasteiger partial charge in [-0.1, -0.05) is 13.8 Å². The van der Waals surface area contributed by atoms with Gasteiger partial charge in [0.25, 0.3) is 0 Å². The second-order valence-electron chi connectivity index (χ2n) is 3.76. The predicted octanol–water partition coefficient (Wildman–Crippen LogP) is 0.391. The van der Waals surface area contributed by atoms with Crippen LogP contribution in [-0.2, 0) is 4.79 Å². The van der Waals surface area contributed by atoms with Gasteiger partial charge >= 0.3 is 0 Å². The molecule has 84 valence electrons. The number of aliphatic hydroxyl groups is 1. The minimum Gasteiger partial charge on any atom is -0.393 e. The first-order valence-corrected chi connectivity index (χ1v) is 5.21. The fourth-order valence-electron chi connectivity index (χ4n) is 1.14. The number of amides is 1. The van der Waals surface area contributed by atoms with Crippen LogP contribution in [0.5, 0.6) is 0 Å². The highest BCUT2D eigenvalue weighted by molar-refractivity contribution is 5.85. The first-order chi connectivity index (χ1) is 6.46. The van der Waals surface area contributed by atoms with Gasteiger partial charge in [0.2, 0.25) is 5.91 Å². The van der Waals surface area contributed by atoms with E-state index >= 15 is 0 Å². The molecule has 0 spiro atoms. The lowest BCUT2D eigenvalue weighted by molar-refractivity contribution is -0.126. The summed E-state index contributed by atoms with van der Waals surface area (Å²) in [5, 5.41) is 11.7. The Balaban J connectivity index is 3.94. The van der Waals surface area contributed by atoms with E-state index in [4.69, 9.17) is 10.8 Å². The molecule has 1 amide bonds. The van der Waals surface area contributed by atoms with E-state index in [1.54, 1.807) is 6.92 Å². The van der Waals surface area contributed by atoms with Crippen LogP contribution in [0.2, 0.25) is 0 Å². The smallest absolute Gasteiger partial charge is 0.240 e. The van der Waals surface area contributed by atoms with Crippen molar-refractivity contribution < 1.29 is 9.90 Å². The highest BCUT2D eigenvalue weighted by atomic mass is 16.3. The van der Waals surface area contributed by atoms with E-state index in [-0.39, 0.29) is 12.0 Å². The van der Waals surface area contributed by atoms with Crippen LogP contribution in [0.25, 0.3) is 0 Å². The van der Waals surface area contributed by atoms with E-state index < -0.39 is 5.54 Å². The molecule has 4 N–H and O–H groups in total. The van der Waals surface area contributed by atoms with Crippen molar-refractivity contribution in [2.24, 2.45) is 5.73 Å². The average molecular weight is 202 g/mol. The lowest BCUT2D eigenvalue weighted by atomic mass is 9.93. The summed E-state index contributed by atoms with van der Waals surface area (Å²) in [4.78, 5) is 11.6. The molecule has 0 saturated heterocycles. The lowest BCUT2D eigenvalue weighted by Gasteiger charge is -2.25. The number of rotatable bonds is 6. The zero-order valence-corrected chi connectivity index (χ0v) is 9.34. The Bertz CT molecular complexity index is 177. The van der Waals surface area contributed by atoms with E-state index in [2.05, 4.69) is 5.32 Å². The zero-order chi connectivity index (χ0) is 11.2. The minimum atomic E-state index is -0.751. The van der Waals surface area contributed by atoms with Gasteiger partial charge in [-0.05, 0) is 26.2 Å². The van der Waals surface area contributed by atoms with Crippen LogP contribution in [0.4, 0.5) is 0 Å². The quantitative estimate of drug-likeness (QED) is 0.583. The monoisotopic (exact) mass is 202 g/mol. The fraction of sp³-hybridized carbons (Fsp3) is 0.900. The molecule has 0 fully saturated rings. The Hall–Kier alpha value is -0.610. The Morgan fingerprint density at radius 1 is 1.50 bits per heavy atom. The number of aliphatic hydroxyl groups excluding tert-OH is 1. The van der Waals surface area contributed by atoms with Gasteiger partial charge in [-0.3, -0.25) is 4.79 Å². The molecule has 0 radical (unpaired) electrons. The molecule has 0 aliphatic rings. The molecule has 0 aromatic heterocycles. The van der Waals surface area contributed by atoms with Gasteiger partial charge in [0.15, 0.2) is 0 Å². The first-order valence-electron chi connectivity index (χ1n) is 5.21. The maximum Gasteiger partial charge on any atom is 0.240 e. The lowest BCUT2D eigenvalue weighted by Crippen LogP contribution is -2.53. The molecule has 0 rings (SSSR count). The molecular formula is C10H22N2O2. The van der Waals surface area contributed by atoms with Crippen LogP contribution in [0.15, 0.2) is 0 Å². The van der Waals surface area contributed by atoms with E-state index in [9.17, 15) is 4.79 Å². The Kier molecular flexibility index (Phi) is 5.72. The van der Waals surface area contributed by atoms with Crippen molar-refractivity contribution >= 4 is 5.91 Å². The molecule has 0 aliphatic carbocycles. The van der Waals surface area contributed by atoms with Crippen LogP contribution < -0.4 is 11.1 Å². The summed E-state index contributed by atoms with van der Waals surface area (Å²) in [5.74, 6) is -0.122. The van der Waals surface area contributed by atoms with Gasteiger partial charge < -0.3 is 16.2 Å². The van der Waals surface area contributed by atoms with Gasteiger partial charge in [-0.15, -0.1) is 0 Å². The molecule has 0 aromatic carbocycles. The highest BCUT2D eigenvalue weighted by Crippen LogP contribution is 2.10. The summed E-state index contributed by atoms with van der Waals surface area (Å²) in [6, 6.07) is 0. The van der Waals surface area contributed by atoms with Crippen molar-refractivity contribution in [3.63, 3.8) is 0 Å². The number of hydrogen-bond acceptors (Lipinski definition) is 3. The first kappa shape index (κ1) is 13.4. The van der Waals surface area contributed by atoms with Crippen molar-refractivity contribution in [2.75, 3.05) is 6.54 Å². The third-order valence-corrected chi connectivity index (χ3v) is 2.56. The van der Waals surface area contributed by atoms with Crippen LogP contribution in [0.1, 0.15) is 40.0 Å². The Morgan fingerprint density at radius 3 is 2.36 bits per heavy atom. The summed E-state index contributed by atoms with van der Waals surface area (Å²) in [6.45, 7) is 5.98. The molecule has 1 atom stereocenters. The molecule has 0 aliphatic heterocycles. The van der Waals surface area contributed by atoms with Crippen molar-refractivity contribution in [1.29, 1.82) is 0 Å². The van der Waals surface area contributed by atoms with Gasteiger partial charge in [-0.2, -0.15) is 0 Å². The average Bonchev–Trinajstić information content (AvgIpc) is 2.15. The topological polar surface area (TPSA) is 75.4 Å². The van der Waals surface area contributed by atoms with Crippen molar-refractivity contribution in [3.05, 3.63) is 0 Å². The summed E-state index contributed by atoms with van der Waals surface area (Å²) >= 11 is 0. The number of nitrogens with one attached hydrogen (secondary N) is 1. The SMILES string of the molecule is CCC(N)(CC)C(=O)NCCC(C)O. The summed E-state index contributed by atoms with van der Waals surface area (Å²) < 4.78 is 0. The van der Waals surface area contributed by atoms with E-state index in [0.29, 0.717) is 25.8 Å². The molecule has 0 bridgehead atoms. The van der Waals surface area contributed by atoms with Crippen LogP contribution in [0, 0.1) is 0 Å². The van der Waals surface area contributed by atoms with E-state index in [1.165, 1.54) is 0 Å². The van der Waals surface area contributed by atoms with Crippen molar-refractivity contribution in [1.82, 2.24) is 5.32 Å². The molecule has 4 heteroatoms. The largest absolute Gasteiger partial charge is 0.393 e. The Morgan fingerprint density at radius 2 is 2.00 bits per heavy atom. The van der Waals surface area contributed by atoms with Crippen LogP contribution in [0.3, 0.4) is 0 Å². The number of carbonyl (C=O) groups is 1. The van der Waals surface area contributed by atoms with Gasteiger partial charge in [0.05, 0.1) is 11.6 Å². The maximum absolute atomic E-state index is 11.6. The standard InChI is InChI=1S/C10H22N2O2/c1-4-10(11,5-2)9(14)12-7-6-8(3)13/h8,13H,4-7,11H2,1-3H3,(H,12,14). The van der Waals surface area contributed by atoms with Gasteiger partial charge in [-0.25, -0.2) is 0 Å². The summed E-state index contributed by atoms with van der Waals surface area (Å²) in [7, 11) is 0. The molecule has 0 saturated carbocycles. The van der Waals surface area contributed by atoms with Crippen molar-refractivity contribution in [2.45, 2.75) is 51.7 Å². The second kappa shape index (κ2) is 5.98. The van der Waals surface area contributed by atoms with Crippen LogP contribution in [-0.4, -0.2) is 29.2 Å². The normalized spacial score (nSPS) is 13.8. The third-order valence-electron chi connectivity index (χ3n) is 2.56. The molecule has 0 heterocycles. The van der Waals surface area contributed by atoms with Crippen molar-refractivity contribution in [3.8, 4) is 0 Å². The molecule has 4 nitrogen and oxygen atoms in total. The molecular weight excluding hydrogens is 180 g/mol. The number of hydrogen-bond donors (Lipinski definition) is 3. The molecule has 14 heavy (non-hydrogen) atoms. The maximum atomic E-state index is 11.6. The molecule has 0 aromatic rings. The van der Waals surface area contributed by atoms with Gasteiger partial charge in [0.1, 0.15) is 0 Å². The number of nitrogens with two attached hydrogens (primary N) is 1. The predicted molar refractivity (Wildman–Crippen MR) is 56.8 cm³/mol. The van der Waals surface area contributed by atoms with E-state index in [1.807, 2.05) is 13.8 Å². The zero-order valence-electron chi connectivity index (χ0n) is 9.34. The fourth-order valence-corrected chi connectivity index (χ4v) is 1.14. The second-order valence-corrected chi connectivity index (χ2v) is 3.76. The molecule has 1 unspecified atom stereocenters. The Labute approximate surface area is 85.9 Å². The van der Waals surface area contributed by atoms with E-state index in [0.717, 1.165) is 0 Å². The summed E-state index contributed by atoms with van der Waals surface area (Å²) in [6.07, 6.45) is 1.44. The highest BCUT2D eigenvalue weighted by Gasteiger charge is 2.29. The summed E-state index contributed by atoms with van der Waals surface area (Å²) in [5.41, 5.74) is 5.13.